The molecule has 2 aromatic carbocycles. The van der Waals surface area contributed by atoms with E-state index in [2.05, 4.69) is 10.3 Å². The van der Waals surface area contributed by atoms with Gasteiger partial charge < -0.3 is 15.0 Å². The number of imidazole rings is 1. The highest BCUT2D eigenvalue weighted by Gasteiger charge is 2.28. The summed E-state index contributed by atoms with van der Waals surface area (Å²) in [6.07, 6.45) is 3.17. The van der Waals surface area contributed by atoms with Crippen molar-refractivity contribution in [3.05, 3.63) is 58.5 Å². The van der Waals surface area contributed by atoms with E-state index in [0.717, 1.165) is 53.7 Å². The number of methoxy groups -OCH3 is 1. The lowest BCUT2D eigenvalue weighted by molar-refractivity contribution is -0.121. The number of hydrogen-bond acceptors (Lipinski definition) is 3. The summed E-state index contributed by atoms with van der Waals surface area (Å²) in [4.78, 5) is 28.0. The molecular weight excluding hydrogens is 354 g/mol. The normalized spacial score (nSPS) is 19.5. The molecule has 1 amide bonds. The summed E-state index contributed by atoms with van der Waals surface area (Å²) in [6, 6.07) is 13.6. The van der Waals surface area contributed by atoms with E-state index in [0.29, 0.717) is 0 Å². The number of hydrogen-bond donors (Lipinski definition) is 2. The van der Waals surface area contributed by atoms with Gasteiger partial charge in [-0.3, -0.25) is 9.36 Å². The van der Waals surface area contributed by atoms with Crippen molar-refractivity contribution in [1.82, 2.24) is 9.55 Å². The lowest BCUT2D eigenvalue weighted by atomic mass is 9.85. The number of anilines is 1. The van der Waals surface area contributed by atoms with Gasteiger partial charge in [0.1, 0.15) is 5.75 Å². The molecule has 6 heteroatoms. The van der Waals surface area contributed by atoms with Crippen LogP contribution in [0.25, 0.3) is 11.0 Å². The van der Waals surface area contributed by atoms with Crippen LogP contribution in [0, 0.1) is 12.8 Å². The number of rotatable bonds is 4. The minimum absolute atomic E-state index is 0.0375. The Morgan fingerprint density at radius 1 is 1.14 bits per heavy atom. The molecule has 0 spiro atoms. The summed E-state index contributed by atoms with van der Waals surface area (Å²) in [6.45, 7) is 1.97. The molecule has 1 fully saturated rings. The van der Waals surface area contributed by atoms with Crippen molar-refractivity contribution in [2.24, 2.45) is 5.92 Å². The van der Waals surface area contributed by atoms with Gasteiger partial charge in [-0.25, -0.2) is 4.79 Å². The Morgan fingerprint density at radius 2 is 1.89 bits per heavy atom. The van der Waals surface area contributed by atoms with Gasteiger partial charge in [0.15, 0.2) is 0 Å². The number of aromatic nitrogens is 2. The minimum Gasteiger partial charge on any atom is -0.496 e. The number of H-pyrrole nitrogens is 1. The first kappa shape index (κ1) is 18.3. The van der Waals surface area contributed by atoms with Crippen molar-refractivity contribution in [3.63, 3.8) is 0 Å². The number of fused-ring (bicyclic) bond motifs is 1. The zero-order chi connectivity index (χ0) is 19.7. The molecule has 0 saturated heterocycles. The number of nitrogens with zero attached hydrogens (tertiary/aromatic N) is 1. The van der Waals surface area contributed by atoms with Gasteiger partial charge in [0.25, 0.3) is 0 Å². The lowest BCUT2D eigenvalue weighted by Gasteiger charge is -2.28. The van der Waals surface area contributed by atoms with Crippen LogP contribution in [0.2, 0.25) is 0 Å². The molecule has 28 heavy (non-hydrogen) atoms. The Labute approximate surface area is 163 Å². The van der Waals surface area contributed by atoms with Crippen molar-refractivity contribution >= 4 is 22.6 Å². The van der Waals surface area contributed by atoms with Crippen LogP contribution in [0.3, 0.4) is 0 Å². The van der Waals surface area contributed by atoms with Crippen LogP contribution in [0.4, 0.5) is 5.69 Å². The SMILES string of the molecule is COc1cc(NC(=O)[C@H]2CC[C@@H](n3c(=O)[nH]c4ccccc43)CC2)ccc1C. The van der Waals surface area contributed by atoms with Gasteiger partial charge >= 0.3 is 5.69 Å². The molecule has 0 radical (unpaired) electrons. The molecule has 1 aliphatic rings. The summed E-state index contributed by atoms with van der Waals surface area (Å²) < 4.78 is 7.18. The van der Waals surface area contributed by atoms with Crippen LogP contribution in [0.1, 0.15) is 37.3 Å². The zero-order valence-corrected chi connectivity index (χ0v) is 16.2. The maximum Gasteiger partial charge on any atom is 0.326 e. The standard InChI is InChI=1S/C22H25N3O3/c1-14-7-10-16(13-20(14)28-2)23-21(26)15-8-11-17(12-9-15)25-19-6-4-3-5-18(19)24-22(25)27/h3-7,10,13,15,17H,8-9,11-12H2,1-2H3,(H,23,26)(H,24,27)/t15-,17+. The summed E-state index contributed by atoms with van der Waals surface area (Å²) in [7, 11) is 1.63. The molecule has 0 atom stereocenters. The number of amides is 1. The molecule has 0 bridgehead atoms. The third kappa shape index (κ3) is 3.42. The van der Waals surface area contributed by atoms with E-state index in [1.54, 1.807) is 7.11 Å². The molecule has 4 rings (SSSR count). The molecule has 1 aromatic heterocycles. The largest absolute Gasteiger partial charge is 0.496 e. The molecule has 1 saturated carbocycles. The van der Waals surface area contributed by atoms with Gasteiger partial charge in [-0.05, 0) is 56.4 Å². The number of para-hydroxylation sites is 2. The molecule has 1 heterocycles. The molecule has 1 aliphatic carbocycles. The first-order valence-electron chi connectivity index (χ1n) is 9.71. The number of carbonyl (C=O) groups is 1. The van der Waals surface area contributed by atoms with Crippen LogP contribution in [-0.4, -0.2) is 22.6 Å². The van der Waals surface area contributed by atoms with Crippen LogP contribution in [0.5, 0.6) is 5.75 Å². The van der Waals surface area contributed by atoms with Crippen LogP contribution in [0.15, 0.2) is 47.3 Å². The quantitative estimate of drug-likeness (QED) is 0.719. The summed E-state index contributed by atoms with van der Waals surface area (Å²) >= 11 is 0. The predicted molar refractivity (Wildman–Crippen MR) is 110 cm³/mol. The van der Waals surface area contributed by atoms with E-state index >= 15 is 0 Å². The van der Waals surface area contributed by atoms with Crippen molar-refractivity contribution in [3.8, 4) is 5.75 Å². The van der Waals surface area contributed by atoms with E-state index in [9.17, 15) is 9.59 Å². The fourth-order valence-electron chi connectivity index (χ4n) is 4.18. The highest BCUT2D eigenvalue weighted by atomic mass is 16.5. The molecule has 0 aliphatic heterocycles. The number of ether oxygens (including phenoxy) is 1. The van der Waals surface area contributed by atoms with Crippen LogP contribution in [-0.2, 0) is 4.79 Å². The Balaban J connectivity index is 1.43. The van der Waals surface area contributed by atoms with E-state index in [1.807, 2.05) is 54.0 Å². The van der Waals surface area contributed by atoms with Gasteiger partial charge in [0.2, 0.25) is 5.91 Å². The monoisotopic (exact) mass is 379 g/mol. The summed E-state index contributed by atoms with van der Waals surface area (Å²) in [5.41, 5.74) is 3.52. The first-order valence-corrected chi connectivity index (χ1v) is 9.71. The smallest absolute Gasteiger partial charge is 0.326 e. The van der Waals surface area contributed by atoms with Gasteiger partial charge in [0, 0.05) is 23.7 Å². The second-order valence-corrected chi connectivity index (χ2v) is 7.50. The third-order valence-corrected chi connectivity index (χ3v) is 5.73. The van der Waals surface area contributed by atoms with E-state index in [-0.39, 0.29) is 23.6 Å². The third-order valence-electron chi connectivity index (χ3n) is 5.73. The predicted octanol–water partition coefficient (Wildman–Crippen LogP) is 4.02. The van der Waals surface area contributed by atoms with Crippen molar-refractivity contribution in [1.29, 1.82) is 0 Å². The lowest BCUT2D eigenvalue weighted by Crippen LogP contribution is -2.31. The van der Waals surface area contributed by atoms with Crippen LogP contribution >= 0.6 is 0 Å². The summed E-state index contributed by atoms with van der Waals surface area (Å²) in [5.74, 6) is 0.764. The number of benzene rings is 2. The van der Waals surface area contributed by atoms with E-state index in [1.165, 1.54) is 0 Å². The topological polar surface area (TPSA) is 76.1 Å². The fourth-order valence-corrected chi connectivity index (χ4v) is 4.18. The van der Waals surface area contributed by atoms with Crippen molar-refractivity contribution < 1.29 is 9.53 Å². The Bertz CT molecular complexity index is 1060. The second-order valence-electron chi connectivity index (χ2n) is 7.50. The first-order chi connectivity index (χ1) is 13.6. The van der Waals surface area contributed by atoms with Crippen molar-refractivity contribution in [2.45, 2.75) is 38.6 Å². The number of aryl methyl sites for hydroxylation is 1. The number of aromatic amines is 1. The van der Waals surface area contributed by atoms with Gasteiger partial charge in [-0.15, -0.1) is 0 Å². The molecular formula is C22H25N3O3. The van der Waals surface area contributed by atoms with Gasteiger partial charge in [0.05, 0.1) is 18.1 Å². The molecule has 0 unspecified atom stereocenters. The fraction of sp³-hybridized carbons (Fsp3) is 0.364. The van der Waals surface area contributed by atoms with Gasteiger partial charge in [-0.1, -0.05) is 18.2 Å². The highest BCUT2D eigenvalue weighted by Crippen LogP contribution is 2.34. The average molecular weight is 379 g/mol. The Morgan fingerprint density at radius 3 is 2.64 bits per heavy atom. The molecule has 146 valence electrons. The highest BCUT2D eigenvalue weighted by molar-refractivity contribution is 5.92. The van der Waals surface area contributed by atoms with E-state index in [4.69, 9.17) is 4.74 Å². The second kappa shape index (κ2) is 7.54. The number of nitrogens with one attached hydrogen (secondary N) is 2. The maximum atomic E-state index is 12.7. The van der Waals surface area contributed by atoms with Crippen molar-refractivity contribution in [2.75, 3.05) is 12.4 Å². The summed E-state index contributed by atoms with van der Waals surface area (Å²) in [5, 5.41) is 3.01. The average Bonchev–Trinajstić information content (AvgIpc) is 3.05. The minimum atomic E-state index is -0.0687. The number of carbonyl (C=O) groups excluding carboxylic acids is 1. The molecule has 3 aromatic rings. The molecule has 2 N–H and O–H groups in total. The Hall–Kier alpha value is -3.02. The maximum absolute atomic E-state index is 12.7. The zero-order valence-electron chi connectivity index (χ0n) is 16.2. The van der Waals surface area contributed by atoms with E-state index < -0.39 is 0 Å². The van der Waals surface area contributed by atoms with Crippen LogP contribution < -0.4 is 15.7 Å². The molecule has 6 nitrogen and oxygen atoms in total. The van der Waals surface area contributed by atoms with Gasteiger partial charge in [-0.2, -0.15) is 0 Å². The Kier molecular flexibility index (Phi) is 4.94.